The van der Waals surface area contributed by atoms with Crippen molar-refractivity contribution >= 4 is 22.4 Å². The molecule has 1 aliphatic rings. The molecule has 19 heavy (non-hydrogen) atoms. The standard InChI is InChI=1S/C13H21N3O2S/c1-8-9(19-11(14-5)15-8)10(17)16-6-12(2,3)13(4,18)7-16/h18H,6-7H2,1-5H3,(H,14,15)/t13-/m0/s1. The topological polar surface area (TPSA) is 65.5 Å². The van der Waals surface area contributed by atoms with Crippen LogP contribution in [0.2, 0.25) is 0 Å². The zero-order valence-corrected chi connectivity index (χ0v) is 12.9. The Morgan fingerprint density at radius 2 is 2.05 bits per heavy atom. The minimum Gasteiger partial charge on any atom is -0.388 e. The lowest BCUT2D eigenvalue weighted by molar-refractivity contribution is -0.0108. The monoisotopic (exact) mass is 283 g/mol. The summed E-state index contributed by atoms with van der Waals surface area (Å²) < 4.78 is 0. The van der Waals surface area contributed by atoms with Gasteiger partial charge in [0.2, 0.25) is 0 Å². The molecule has 0 unspecified atom stereocenters. The van der Waals surface area contributed by atoms with E-state index in [1.807, 2.05) is 20.8 Å². The van der Waals surface area contributed by atoms with Crippen molar-refractivity contribution in [2.24, 2.45) is 5.41 Å². The van der Waals surface area contributed by atoms with Gasteiger partial charge < -0.3 is 15.3 Å². The Balaban J connectivity index is 2.24. The highest BCUT2D eigenvalue weighted by atomic mass is 32.1. The molecule has 0 spiro atoms. The molecular formula is C13H21N3O2S. The number of anilines is 1. The zero-order chi connectivity index (χ0) is 14.4. The van der Waals surface area contributed by atoms with Crippen LogP contribution in [-0.4, -0.2) is 46.6 Å². The predicted molar refractivity (Wildman–Crippen MR) is 76.7 cm³/mol. The van der Waals surface area contributed by atoms with Crippen molar-refractivity contribution in [3.63, 3.8) is 0 Å². The number of likely N-dealkylation sites (tertiary alicyclic amines) is 1. The van der Waals surface area contributed by atoms with Crippen LogP contribution in [0, 0.1) is 12.3 Å². The highest BCUT2D eigenvalue weighted by Gasteiger charge is 2.49. The Morgan fingerprint density at radius 3 is 2.47 bits per heavy atom. The molecule has 2 heterocycles. The van der Waals surface area contributed by atoms with Gasteiger partial charge in [0.05, 0.1) is 17.8 Å². The van der Waals surface area contributed by atoms with E-state index in [4.69, 9.17) is 0 Å². The van der Waals surface area contributed by atoms with Crippen molar-refractivity contribution in [2.75, 3.05) is 25.5 Å². The summed E-state index contributed by atoms with van der Waals surface area (Å²) in [5, 5.41) is 14.1. The van der Waals surface area contributed by atoms with E-state index in [9.17, 15) is 9.90 Å². The lowest BCUT2D eigenvalue weighted by atomic mass is 9.79. The third kappa shape index (κ3) is 2.34. The molecular weight excluding hydrogens is 262 g/mol. The molecule has 0 radical (unpaired) electrons. The Kier molecular flexibility index (Phi) is 3.35. The highest BCUT2D eigenvalue weighted by molar-refractivity contribution is 7.17. The summed E-state index contributed by atoms with van der Waals surface area (Å²) in [5.41, 5.74) is -0.413. The average molecular weight is 283 g/mol. The quantitative estimate of drug-likeness (QED) is 0.867. The van der Waals surface area contributed by atoms with Crippen molar-refractivity contribution in [1.82, 2.24) is 9.88 Å². The first-order valence-corrected chi connectivity index (χ1v) is 7.16. The fourth-order valence-corrected chi connectivity index (χ4v) is 3.17. The largest absolute Gasteiger partial charge is 0.388 e. The van der Waals surface area contributed by atoms with Crippen molar-refractivity contribution in [3.05, 3.63) is 10.6 Å². The summed E-state index contributed by atoms with van der Waals surface area (Å²) in [4.78, 5) is 19.2. The number of aromatic nitrogens is 1. The van der Waals surface area contributed by atoms with E-state index < -0.39 is 5.60 Å². The van der Waals surface area contributed by atoms with Crippen molar-refractivity contribution < 1.29 is 9.90 Å². The minimum absolute atomic E-state index is 0.0395. The molecule has 2 N–H and O–H groups in total. The number of nitrogens with zero attached hydrogens (tertiary/aromatic N) is 2. The maximum absolute atomic E-state index is 12.5. The van der Waals surface area contributed by atoms with E-state index in [0.717, 1.165) is 10.8 Å². The van der Waals surface area contributed by atoms with E-state index in [0.29, 0.717) is 18.0 Å². The maximum Gasteiger partial charge on any atom is 0.266 e. The van der Waals surface area contributed by atoms with Crippen LogP contribution in [0.4, 0.5) is 5.13 Å². The Hall–Kier alpha value is -1.14. The zero-order valence-electron chi connectivity index (χ0n) is 12.1. The normalized spacial score (nSPS) is 25.7. The summed E-state index contributed by atoms with van der Waals surface area (Å²) in [6, 6.07) is 0. The first-order valence-electron chi connectivity index (χ1n) is 6.35. The summed E-state index contributed by atoms with van der Waals surface area (Å²) in [5.74, 6) is -0.0395. The van der Waals surface area contributed by atoms with Gasteiger partial charge in [0, 0.05) is 19.0 Å². The van der Waals surface area contributed by atoms with Crippen molar-refractivity contribution in [1.29, 1.82) is 0 Å². The summed E-state index contributed by atoms with van der Waals surface area (Å²) in [7, 11) is 1.79. The van der Waals surface area contributed by atoms with Crippen LogP contribution in [0.25, 0.3) is 0 Å². The lowest BCUT2D eigenvalue weighted by Crippen LogP contribution is -2.40. The second kappa shape index (κ2) is 4.45. The first kappa shape index (κ1) is 14.3. The average Bonchev–Trinajstić information content (AvgIpc) is 2.76. The number of carbonyl (C=O) groups is 1. The third-order valence-electron chi connectivity index (χ3n) is 4.03. The van der Waals surface area contributed by atoms with Crippen LogP contribution >= 0.6 is 11.3 Å². The number of hydrogen-bond acceptors (Lipinski definition) is 5. The second-order valence-electron chi connectivity index (χ2n) is 6.00. The van der Waals surface area contributed by atoms with E-state index in [2.05, 4.69) is 10.3 Å². The van der Waals surface area contributed by atoms with Crippen LogP contribution < -0.4 is 5.32 Å². The molecule has 1 aliphatic heterocycles. The number of aryl methyl sites for hydroxylation is 1. The van der Waals surface area contributed by atoms with Crippen molar-refractivity contribution in [2.45, 2.75) is 33.3 Å². The molecule has 0 aromatic carbocycles. The number of β-amino-alcohol motifs (C(OH)–C–C–N with tert-alkyl or cyclic N) is 1. The number of thiazole rings is 1. The van der Waals surface area contributed by atoms with Crippen LogP contribution in [0.15, 0.2) is 0 Å². The van der Waals surface area contributed by atoms with Gasteiger partial charge in [0.25, 0.3) is 5.91 Å². The van der Waals surface area contributed by atoms with Gasteiger partial charge in [-0.1, -0.05) is 25.2 Å². The second-order valence-corrected chi connectivity index (χ2v) is 7.00. The SMILES string of the molecule is CNc1nc(C)c(C(=O)N2CC(C)(C)[C@@](C)(O)C2)s1. The lowest BCUT2D eigenvalue weighted by Gasteiger charge is -2.30. The summed E-state index contributed by atoms with van der Waals surface area (Å²) in [6.07, 6.45) is 0. The molecule has 6 heteroatoms. The minimum atomic E-state index is -0.854. The van der Waals surface area contributed by atoms with Gasteiger partial charge in [-0.2, -0.15) is 0 Å². The number of aliphatic hydroxyl groups is 1. The molecule has 0 bridgehead atoms. The van der Waals surface area contributed by atoms with Gasteiger partial charge in [0.1, 0.15) is 4.88 Å². The summed E-state index contributed by atoms with van der Waals surface area (Å²) >= 11 is 1.36. The van der Waals surface area contributed by atoms with Crippen LogP contribution in [0.5, 0.6) is 0 Å². The number of amides is 1. The number of hydrogen-bond donors (Lipinski definition) is 2. The molecule has 1 saturated heterocycles. The predicted octanol–water partition coefficient (Wildman–Crippen LogP) is 1.73. The molecule has 1 atom stereocenters. The number of carbonyl (C=O) groups excluding carboxylic acids is 1. The molecule has 5 nitrogen and oxygen atoms in total. The van der Waals surface area contributed by atoms with Gasteiger partial charge in [-0.3, -0.25) is 4.79 Å². The molecule has 0 aliphatic carbocycles. The fourth-order valence-electron chi connectivity index (χ4n) is 2.28. The molecule has 1 amide bonds. The smallest absolute Gasteiger partial charge is 0.266 e. The van der Waals surface area contributed by atoms with Crippen LogP contribution in [0.3, 0.4) is 0 Å². The van der Waals surface area contributed by atoms with E-state index >= 15 is 0 Å². The van der Waals surface area contributed by atoms with Crippen LogP contribution in [-0.2, 0) is 0 Å². The van der Waals surface area contributed by atoms with Crippen LogP contribution in [0.1, 0.15) is 36.1 Å². The molecule has 1 fully saturated rings. The van der Waals surface area contributed by atoms with E-state index in [1.54, 1.807) is 18.9 Å². The fraction of sp³-hybridized carbons (Fsp3) is 0.692. The van der Waals surface area contributed by atoms with Gasteiger partial charge >= 0.3 is 0 Å². The Morgan fingerprint density at radius 1 is 1.42 bits per heavy atom. The summed E-state index contributed by atoms with van der Waals surface area (Å²) in [6.45, 7) is 8.52. The maximum atomic E-state index is 12.5. The van der Waals surface area contributed by atoms with Gasteiger partial charge in [0.15, 0.2) is 5.13 Å². The number of rotatable bonds is 2. The van der Waals surface area contributed by atoms with Gasteiger partial charge in [-0.25, -0.2) is 4.98 Å². The van der Waals surface area contributed by atoms with Crippen molar-refractivity contribution in [3.8, 4) is 0 Å². The Labute approximate surface area is 117 Å². The highest BCUT2D eigenvalue weighted by Crippen LogP contribution is 2.39. The number of nitrogens with one attached hydrogen (secondary N) is 1. The molecule has 1 aromatic rings. The molecule has 0 saturated carbocycles. The van der Waals surface area contributed by atoms with E-state index in [-0.39, 0.29) is 11.3 Å². The molecule has 106 valence electrons. The molecule has 1 aromatic heterocycles. The van der Waals surface area contributed by atoms with Gasteiger partial charge in [-0.15, -0.1) is 0 Å². The molecule has 2 rings (SSSR count). The van der Waals surface area contributed by atoms with Gasteiger partial charge in [-0.05, 0) is 13.8 Å². The third-order valence-corrected chi connectivity index (χ3v) is 5.20. The first-order chi connectivity index (χ1) is 8.68. The van der Waals surface area contributed by atoms with E-state index in [1.165, 1.54) is 11.3 Å². The Bertz CT molecular complexity index is 492.